The van der Waals surface area contributed by atoms with E-state index < -0.39 is 0 Å². The van der Waals surface area contributed by atoms with Crippen LogP contribution in [0.25, 0.3) is 0 Å². The molecule has 1 aliphatic carbocycles. The van der Waals surface area contributed by atoms with Crippen LogP contribution in [0, 0.1) is 19.8 Å². The van der Waals surface area contributed by atoms with Gasteiger partial charge in [-0.3, -0.25) is 9.78 Å². The summed E-state index contributed by atoms with van der Waals surface area (Å²) < 4.78 is 5.01. The number of rotatable bonds is 4. The number of nitrogens with one attached hydrogen (secondary N) is 1. The molecule has 5 nitrogen and oxygen atoms in total. The molecule has 104 valence electrons. The Bertz CT molecular complexity index is 632. The van der Waals surface area contributed by atoms with Gasteiger partial charge < -0.3 is 9.84 Å². The first-order chi connectivity index (χ1) is 9.65. The van der Waals surface area contributed by atoms with Gasteiger partial charge in [0, 0.05) is 12.3 Å². The van der Waals surface area contributed by atoms with E-state index >= 15 is 0 Å². The summed E-state index contributed by atoms with van der Waals surface area (Å²) in [5.41, 5.74) is 2.74. The fourth-order valence-corrected chi connectivity index (χ4v) is 2.35. The van der Waals surface area contributed by atoms with Crippen molar-refractivity contribution in [3.05, 3.63) is 47.1 Å². The molecule has 1 aliphatic rings. The monoisotopic (exact) mass is 271 g/mol. The van der Waals surface area contributed by atoms with Gasteiger partial charge in [0.1, 0.15) is 0 Å². The smallest absolute Gasteiger partial charge is 0.290 e. The number of nitrogens with zero attached hydrogens (tertiary/aromatic N) is 2. The molecule has 2 aromatic rings. The van der Waals surface area contributed by atoms with Crippen molar-refractivity contribution in [1.82, 2.24) is 15.5 Å². The van der Waals surface area contributed by atoms with Crippen molar-refractivity contribution in [2.24, 2.45) is 5.92 Å². The van der Waals surface area contributed by atoms with Gasteiger partial charge in [0.05, 0.1) is 17.4 Å². The summed E-state index contributed by atoms with van der Waals surface area (Å²) in [6, 6.07) is 5.52. The number of hydrogen-bond acceptors (Lipinski definition) is 4. The van der Waals surface area contributed by atoms with E-state index in [1.165, 1.54) is 0 Å². The van der Waals surface area contributed by atoms with E-state index in [-0.39, 0.29) is 17.7 Å². The van der Waals surface area contributed by atoms with Gasteiger partial charge in [-0.15, -0.1) is 0 Å². The van der Waals surface area contributed by atoms with Crippen LogP contribution in [0.3, 0.4) is 0 Å². The predicted molar refractivity (Wildman–Crippen MR) is 73.1 cm³/mol. The molecule has 3 rings (SSSR count). The third-order valence-electron chi connectivity index (χ3n) is 3.58. The minimum absolute atomic E-state index is 0.0471. The molecule has 5 heteroatoms. The van der Waals surface area contributed by atoms with Crippen LogP contribution in [0.15, 0.2) is 28.9 Å². The zero-order valence-electron chi connectivity index (χ0n) is 11.6. The van der Waals surface area contributed by atoms with Crippen molar-refractivity contribution >= 4 is 5.91 Å². The van der Waals surface area contributed by atoms with E-state index in [1.54, 1.807) is 19.2 Å². The Morgan fingerprint density at radius 3 is 2.85 bits per heavy atom. The van der Waals surface area contributed by atoms with E-state index in [2.05, 4.69) is 15.5 Å². The van der Waals surface area contributed by atoms with E-state index in [0.717, 1.165) is 24.1 Å². The van der Waals surface area contributed by atoms with Crippen molar-refractivity contribution in [2.75, 3.05) is 0 Å². The Kier molecular flexibility index (Phi) is 3.26. The molecule has 1 atom stereocenters. The summed E-state index contributed by atoms with van der Waals surface area (Å²) in [4.78, 5) is 16.6. The number of carbonyl (C=O) groups is 1. The Morgan fingerprint density at radius 2 is 2.25 bits per heavy atom. The lowest BCUT2D eigenvalue weighted by Crippen LogP contribution is -2.30. The largest absolute Gasteiger partial charge is 0.351 e. The lowest BCUT2D eigenvalue weighted by Gasteiger charge is -2.18. The predicted octanol–water partition coefficient (Wildman–Crippen LogP) is 2.57. The molecule has 0 saturated heterocycles. The van der Waals surface area contributed by atoms with Crippen molar-refractivity contribution in [3.8, 4) is 0 Å². The number of amides is 1. The topological polar surface area (TPSA) is 68.0 Å². The van der Waals surface area contributed by atoms with Crippen LogP contribution in [0.4, 0.5) is 0 Å². The van der Waals surface area contributed by atoms with Crippen LogP contribution in [0.2, 0.25) is 0 Å². The lowest BCUT2D eigenvalue weighted by molar-refractivity contribution is 0.0893. The normalized spacial score (nSPS) is 15.9. The Labute approximate surface area is 117 Å². The van der Waals surface area contributed by atoms with Gasteiger partial charge in [0.15, 0.2) is 0 Å². The Morgan fingerprint density at radius 1 is 1.45 bits per heavy atom. The first-order valence-corrected chi connectivity index (χ1v) is 6.81. The molecule has 1 fully saturated rings. The van der Waals surface area contributed by atoms with E-state index in [9.17, 15) is 4.79 Å². The highest BCUT2D eigenvalue weighted by Gasteiger charge is 2.35. The fraction of sp³-hybridized carbons (Fsp3) is 0.400. The van der Waals surface area contributed by atoms with Crippen molar-refractivity contribution in [1.29, 1.82) is 0 Å². The molecule has 20 heavy (non-hydrogen) atoms. The number of hydrogen-bond donors (Lipinski definition) is 1. The van der Waals surface area contributed by atoms with Crippen LogP contribution in [0.5, 0.6) is 0 Å². The molecule has 1 saturated carbocycles. The highest BCUT2D eigenvalue weighted by atomic mass is 16.5. The standard InChI is InChI=1S/C15H17N3O2/c1-9-4-3-7-16-13(9)14(11-5-6-11)17-15(19)12-8-10(2)18-20-12/h3-4,7-8,11,14H,5-6H2,1-2H3,(H,17,19)/t14-/m1/s1. The molecule has 2 aromatic heterocycles. The Balaban J connectivity index is 1.82. The van der Waals surface area contributed by atoms with Gasteiger partial charge in [-0.1, -0.05) is 11.2 Å². The second kappa shape index (κ2) is 5.07. The molecule has 1 amide bonds. The summed E-state index contributed by atoms with van der Waals surface area (Å²) in [5, 5.41) is 6.77. The second-order valence-corrected chi connectivity index (χ2v) is 5.33. The van der Waals surface area contributed by atoms with Gasteiger partial charge >= 0.3 is 0 Å². The fourth-order valence-electron chi connectivity index (χ4n) is 2.35. The molecule has 0 unspecified atom stereocenters. The highest BCUT2D eigenvalue weighted by Crippen LogP contribution is 2.41. The molecular weight excluding hydrogens is 254 g/mol. The first kappa shape index (κ1) is 12.8. The van der Waals surface area contributed by atoms with Crippen LogP contribution in [-0.2, 0) is 0 Å². The van der Waals surface area contributed by atoms with Crippen molar-refractivity contribution in [2.45, 2.75) is 32.7 Å². The number of aromatic nitrogens is 2. The third-order valence-corrected chi connectivity index (χ3v) is 3.58. The zero-order chi connectivity index (χ0) is 14.1. The molecule has 2 heterocycles. The van der Waals surface area contributed by atoms with Crippen LogP contribution in [-0.4, -0.2) is 16.0 Å². The second-order valence-electron chi connectivity index (χ2n) is 5.33. The highest BCUT2D eigenvalue weighted by molar-refractivity contribution is 5.91. The first-order valence-electron chi connectivity index (χ1n) is 6.81. The van der Waals surface area contributed by atoms with E-state index in [4.69, 9.17) is 4.52 Å². The maximum atomic E-state index is 12.2. The molecule has 0 aromatic carbocycles. The van der Waals surface area contributed by atoms with Crippen LogP contribution in [0.1, 0.15) is 46.4 Å². The van der Waals surface area contributed by atoms with Gasteiger partial charge in [0.2, 0.25) is 5.76 Å². The van der Waals surface area contributed by atoms with Crippen molar-refractivity contribution < 1.29 is 9.32 Å². The molecular formula is C15H17N3O2. The number of carbonyl (C=O) groups excluding carboxylic acids is 1. The average Bonchev–Trinajstić information content (AvgIpc) is 3.18. The molecule has 0 aliphatic heterocycles. The van der Waals surface area contributed by atoms with Crippen LogP contribution >= 0.6 is 0 Å². The van der Waals surface area contributed by atoms with Crippen molar-refractivity contribution in [3.63, 3.8) is 0 Å². The quantitative estimate of drug-likeness (QED) is 0.928. The van der Waals surface area contributed by atoms with Gasteiger partial charge in [-0.2, -0.15) is 0 Å². The summed E-state index contributed by atoms with van der Waals surface area (Å²) in [6.07, 6.45) is 4.01. The maximum absolute atomic E-state index is 12.2. The van der Waals surface area contributed by atoms with Gasteiger partial charge in [0.25, 0.3) is 5.91 Å². The van der Waals surface area contributed by atoms with Crippen LogP contribution < -0.4 is 5.32 Å². The van der Waals surface area contributed by atoms with Gasteiger partial charge in [-0.25, -0.2) is 0 Å². The molecule has 0 radical (unpaired) electrons. The lowest BCUT2D eigenvalue weighted by atomic mass is 10.0. The maximum Gasteiger partial charge on any atom is 0.290 e. The SMILES string of the molecule is Cc1cc(C(=O)N[C@@H](c2ncccc2C)C2CC2)on1. The summed E-state index contributed by atoms with van der Waals surface area (Å²) in [5.74, 6) is 0.492. The molecule has 0 bridgehead atoms. The molecule has 0 spiro atoms. The molecule has 1 N–H and O–H groups in total. The van der Waals surface area contributed by atoms with E-state index in [1.807, 2.05) is 19.1 Å². The minimum Gasteiger partial charge on any atom is -0.351 e. The summed E-state index contributed by atoms with van der Waals surface area (Å²) in [6.45, 7) is 3.81. The average molecular weight is 271 g/mol. The van der Waals surface area contributed by atoms with Gasteiger partial charge in [-0.05, 0) is 44.2 Å². The third kappa shape index (κ3) is 2.57. The summed E-state index contributed by atoms with van der Waals surface area (Å²) >= 11 is 0. The minimum atomic E-state index is -0.229. The number of pyridine rings is 1. The van der Waals surface area contributed by atoms with E-state index in [0.29, 0.717) is 11.6 Å². The Hall–Kier alpha value is -2.17. The number of aryl methyl sites for hydroxylation is 2. The zero-order valence-corrected chi connectivity index (χ0v) is 11.6. The summed E-state index contributed by atoms with van der Waals surface area (Å²) in [7, 11) is 0.